The first-order valence-corrected chi connectivity index (χ1v) is 6.61. The molecule has 0 spiro atoms. The lowest BCUT2D eigenvalue weighted by Gasteiger charge is -2.07. The highest BCUT2D eigenvalue weighted by Crippen LogP contribution is 2.14. The highest BCUT2D eigenvalue weighted by atomic mass is 35.5. The van der Waals surface area contributed by atoms with Crippen LogP contribution in [0.2, 0.25) is 0 Å². The standard InChI is InChI=1S/C15H11ClF3NO/c16-7-9-2-1-3-10(4-9)8-20-15(21)11-5-12(17)14(19)13(18)6-11/h1-6H,7-8H2,(H,20,21). The fraction of sp³-hybridized carbons (Fsp3) is 0.133. The van der Waals surface area contributed by atoms with Crippen molar-refractivity contribution in [2.75, 3.05) is 0 Å². The van der Waals surface area contributed by atoms with Crippen LogP contribution in [0.3, 0.4) is 0 Å². The summed E-state index contributed by atoms with van der Waals surface area (Å²) in [6, 6.07) is 8.52. The minimum atomic E-state index is -1.60. The number of nitrogens with one attached hydrogen (secondary N) is 1. The van der Waals surface area contributed by atoms with Gasteiger partial charge >= 0.3 is 0 Å². The number of halogens is 4. The maximum Gasteiger partial charge on any atom is 0.251 e. The van der Waals surface area contributed by atoms with Gasteiger partial charge in [0.1, 0.15) is 0 Å². The first kappa shape index (κ1) is 15.4. The molecular formula is C15H11ClF3NO. The van der Waals surface area contributed by atoms with Gasteiger partial charge in [-0.3, -0.25) is 4.79 Å². The van der Waals surface area contributed by atoms with Crippen molar-refractivity contribution < 1.29 is 18.0 Å². The Morgan fingerprint density at radius 2 is 1.67 bits per heavy atom. The molecule has 21 heavy (non-hydrogen) atoms. The van der Waals surface area contributed by atoms with Crippen LogP contribution in [-0.4, -0.2) is 5.91 Å². The fourth-order valence-electron chi connectivity index (χ4n) is 1.79. The average Bonchev–Trinajstić information content (AvgIpc) is 2.50. The van der Waals surface area contributed by atoms with E-state index in [4.69, 9.17) is 11.6 Å². The molecule has 110 valence electrons. The summed E-state index contributed by atoms with van der Waals surface area (Å²) in [6.07, 6.45) is 0. The first-order chi connectivity index (χ1) is 10.0. The summed E-state index contributed by atoms with van der Waals surface area (Å²) in [6.45, 7) is 0.171. The van der Waals surface area contributed by atoms with Crippen LogP contribution >= 0.6 is 11.6 Å². The van der Waals surface area contributed by atoms with Gasteiger partial charge in [0.2, 0.25) is 0 Å². The van der Waals surface area contributed by atoms with Crippen molar-refractivity contribution in [2.24, 2.45) is 0 Å². The van der Waals surface area contributed by atoms with Gasteiger partial charge < -0.3 is 5.32 Å². The average molecular weight is 314 g/mol. The van der Waals surface area contributed by atoms with Crippen LogP contribution in [0.15, 0.2) is 36.4 Å². The van der Waals surface area contributed by atoms with Gasteiger partial charge in [0.05, 0.1) is 0 Å². The molecule has 0 aliphatic rings. The van der Waals surface area contributed by atoms with E-state index in [-0.39, 0.29) is 12.1 Å². The largest absolute Gasteiger partial charge is 0.348 e. The summed E-state index contributed by atoms with van der Waals surface area (Å²) in [4.78, 5) is 11.8. The van der Waals surface area contributed by atoms with Gasteiger partial charge in [0, 0.05) is 18.0 Å². The third-order valence-electron chi connectivity index (χ3n) is 2.84. The van der Waals surface area contributed by atoms with Crippen LogP contribution in [-0.2, 0) is 12.4 Å². The highest BCUT2D eigenvalue weighted by molar-refractivity contribution is 6.17. The zero-order valence-corrected chi connectivity index (χ0v) is 11.6. The van der Waals surface area contributed by atoms with Gasteiger partial charge in [-0.25, -0.2) is 13.2 Å². The number of amides is 1. The van der Waals surface area contributed by atoms with E-state index < -0.39 is 23.4 Å². The summed E-state index contributed by atoms with van der Waals surface area (Å²) in [5.74, 6) is -4.74. The molecule has 0 atom stereocenters. The molecule has 2 nitrogen and oxygen atoms in total. The molecular weight excluding hydrogens is 303 g/mol. The maximum atomic E-state index is 13.1. The second-order valence-electron chi connectivity index (χ2n) is 4.39. The van der Waals surface area contributed by atoms with Crippen molar-refractivity contribution in [3.05, 3.63) is 70.5 Å². The predicted molar refractivity (Wildman–Crippen MR) is 73.5 cm³/mol. The number of hydrogen-bond acceptors (Lipinski definition) is 1. The van der Waals surface area contributed by atoms with Gasteiger partial charge in [-0.05, 0) is 23.3 Å². The molecule has 0 aliphatic carbocycles. The highest BCUT2D eigenvalue weighted by Gasteiger charge is 2.14. The Hall–Kier alpha value is -2.01. The minimum Gasteiger partial charge on any atom is -0.348 e. The topological polar surface area (TPSA) is 29.1 Å². The zero-order valence-electron chi connectivity index (χ0n) is 10.8. The van der Waals surface area contributed by atoms with E-state index in [9.17, 15) is 18.0 Å². The Bertz CT molecular complexity index is 653. The normalized spacial score (nSPS) is 10.5. The Labute approximate surface area is 124 Å². The second kappa shape index (κ2) is 6.63. The molecule has 0 saturated carbocycles. The smallest absolute Gasteiger partial charge is 0.251 e. The van der Waals surface area contributed by atoms with E-state index in [2.05, 4.69) is 5.32 Å². The third-order valence-corrected chi connectivity index (χ3v) is 3.15. The lowest BCUT2D eigenvalue weighted by Crippen LogP contribution is -2.23. The van der Waals surface area contributed by atoms with E-state index in [1.54, 1.807) is 18.2 Å². The molecule has 2 aromatic carbocycles. The molecule has 6 heteroatoms. The number of alkyl halides is 1. The van der Waals surface area contributed by atoms with Gasteiger partial charge in [-0.1, -0.05) is 24.3 Å². The lowest BCUT2D eigenvalue weighted by molar-refractivity contribution is 0.0949. The molecule has 0 unspecified atom stereocenters. The number of carbonyl (C=O) groups excluding carboxylic acids is 1. The van der Waals surface area contributed by atoms with Crippen LogP contribution in [0.25, 0.3) is 0 Å². The van der Waals surface area contributed by atoms with E-state index in [1.165, 1.54) is 0 Å². The number of hydrogen-bond donors (Lipinski definition) is 1. The molecule has 0 bridgehead atoms. The van der Waals surface area contributed by atoms with Crippen molar-refractivity contribution in [3.63, 3.8) is 0 Å². The second-order valence-corrected chi connectivity index (χ2v) is 4.66. The van der Waals surface area contributed by atoms with Crippen LogP contribution < -0.4 is 5.32 Å². The van der Waals surface area contributed by atoms with Gasteiger partial charge in [0.15, 0.2) is 17.5 Å². The molecule has 2 rings (SSSR count). The van der Waals surface area contributed by atoms with Crippen molar-refractivity contribution in [1.29, 1.82) is 0 Å². The van der Waals surface area contributed by atoms with Crippen LogP contribution in [0.1, 0.15) is 21.5 Å². The summed E-state index contributed by atoms with van der Waals surface area (Å²) in [5.41, 5.74) is 1.41. The van der Waals surface area contributed by atoms with Crippen LogP contribution in [0, 0.1) is 17.5 Å². The van der Waals surface area contributed by atoms with E-state index >= 15 is 0 Å². The predicted octanol–water partition coefficient (Wildman–Crippen LogP) is 3.77. The molecule has 0 radical (unpaired) electrons. The Morgan fingerprint density at radius 3 is 2.29 bits per heavy atom. The molecule has 0 heterocycles. The maximum absolute atomic E-state index is 13.1. The van der Waals surface area contributed by atoms with Crippen LogP contribution in [0.5, 0.6) is 0 Å². The zero-order chi connectivity index (χ0) is 15.4. The third kappa shape index (κ3) is 3.76. The summed E-state index contributed by atoms with van der Waals surface area (Å²) >= 11 is 5.70. The monoisotopic (exact) mass is 313 g/mol. The quantitative estimate of drug-likeness (QED) is 0.675. The summed E-state index contributed by atoms with van der Waals surface area (Å²) in [5, 5.41) is 2.50. The fourth-order valence-corrected chi connectivity index (χ4v) is 1.96. The molecule has 1 amide bonds. The van der Waals surface area contributed by atoms with Gasteiger partial charge in [-0.2, -0.15) is 0 Å². The number of rotatable bonds is 4. The number of benzene rings is 2. The molecule has 0 aliphatic heterocycles. The Kier molecular flexibility index (Phi) is 4.85. The molecule has 0 fully saturated rings. The van der Waals surface area contributed by atoms with Gasteiger partial charge in [0.25, 0.3) is 5.91 Å². The van der Waals surface area contributed by atoms with Crippen molar-refractivity contribution in [1.82, 2.24) is 5.32 Å². The van der Waals surface area contributed by atoms with Gasteiger partial charge in [-0.15, -0.1) is 11.6 Å². The molecule has 0 saturated heterocycles. The molecule has 2 aromatic rings. The molecule has 0 aromatic heterocycles. The first-order valence-electron chi connectivity index (χ1n) is 6.08. The van der Waals surface area contributed by atoms with Crippen molar-refractivity contribution >= 4 is 17.5 Å². The van der Waals surface area contributed by atoms with Crippen molar-refractivity contribution in [3.8, 4) is 0 Å². The van der Waals surface area contributed by atoms with E-state index in [0.717, 1.165) is 11.1 Å². The molecule has 1 N–H and O–H groups in total. The van der Waals surface area contributed by atoms with Crippen LogP contribution in [0.4, 0.5) is 13.2 Å². The Balaban J connectivity index is 2.08. The minimum absolute atomic E-state index is 0.171. The summed E-state index contributed by atoms with van der Waals surface area (Å²) in [7, 11) is 0. The number of carbonyl (C=O) groups is 1. The Morgan fingerprint density at radius 1 is 1.05 bits per heavy atom. The summed E-state index contributed by atoms with van der Waals surface area (Å²) < 4.78 is 38.9. The van der Waals surface area contributed by atoms with E-state index in [1.807, 2.05) is 6.07 Å². The van der Waals surface area contributed by atoms with Crippen molar-refractivity contribution in [2.45, 2.75) is 12.4 Å². The SMILES string of the molecule is O=C(NCc1cccc(CCl)c1)c1cc(F)c(F)c(F)c1. The lowest BCUT2D eigenvalue weighted by atomic mass is 10.1. The van der Waals surface area contributed by atoms with E-state index in [0.29, 0.717) is 18.0 Å².